The monoisotopic (exact) mass is 424 g/mol. The first-order valence-corrected chi connectivity index (χ1v) is 12.5. The van der Waals surface area contributed by atoms with Crippen LogP contribution in [0.15, 0.2) is 29.3 Å². The Hall–Kier alpha value is -1.80. The first kappa shape index (κ1) is 23.5. The number of guanidine groups is 1. The van der Waals surface area contributed by atoms with Gasteiger partial charge in [0.25, 0.3) is 0 Å². The summed E-state index contributed by atoms with van der Waals surface area (Å²) in [7, 11) is -2.90. The van der Waals surface area contributed by atoms with Crippen molar-refractivity contribution < 1.29 is 13.2 Å². The highest BCUT2D eigenvalue weighted by atomic mass is 32.2. The highest BCUT2D eigenvalue weighted by Gasteiger charge is 2.20. The Morgan fingerprint density at radius 2 is 2.00 bits per heavy atom. The molecule has 2 rings (SSSR count). The highest BCUT2D eigenvalue weighted by Crippen LogP contribution is 2.17. The van der Waals surface area contributed by atoms with Gasteiger partial charge in [-0.15, -0.1) is 0 Å². The molecule has 8 heteroatoms. The van der Waals surface area contributed by atoms with Crippen LogP contribution >= 0.6 is 0 Å². The van der Waals surface area contributed by atoms with Crippen molar-refractivity contribution in [1.29, 1.82) is 0 Å². The molecule has 1 aliphatic heterocycles. The van der Waals surface area contributed by atoms with Gasteiger partial charge in [-0.25, -0.2) is 13.4 Å². The van der Waals surface area contributed by atoms with Crippen LogP contribution in [0.5, 0.6) is 5.75 Å². The lowest BCUT2D eigenvalue weighted by Crippen LogP contribution is -2.49. The topological polar surface area (TPSA) is 83.0 Å². The van der Waals surface area contributed by atoms with E-state index in [-0.39, 0.29) is 11.9 Å². The summed E-state index contributed by atoms with van der Waals surface area (Å²) >= 11 is 0. The van der Waals surface area contributed by atoms with Gasteiger partial charge < -0.3 is 20.3 Å². The van der Waals surface area contributed by atoms with Gasteiger partial charge in [-0.2, -0.15) is 0 Å². The highest BCUT2D eigenvalue weighted by molar-refractivity contribution is 7.90. The Balaban J connectivity index is 1.81. The summed E-state index contributed by atoms with van der Waals surface area (Å²) in [6, 6.07) is 8.35. The van der Waals surface area contributed by atoms with Gasteiger partial charge in [-0.1, -0.05) is 18.2 Å². The van der Waals surface area contributed by atoms with E-state index in [1.54, 1.807) is 0 Å². The summed E-state index contributed by atoms with van der Waals surface area (Å²) in [6.07, 6.45) is 3.22. The Morgan fingerprint density at radius 3 is 2.62 bits per heavy atom. The number of hydrogen-bond donors (Lipinski definition) is 2. The van der Waals surface area contributed by atoms with Crippen LogP contribution < -0.4 is 15.4 Å². The van der Waals surface area contributed by atoms with Crippen LogP contribution in [0.3, 0.4) is 0 Å². The second-order valence-corrected chi connectivity index (χ2v) is 10.1. The third-order valence-corrected chi connectivity index (χ3v) is 5.90. The van der Waals surface area contributed by atoms with E-state index >= 15 is 0 Å². The number of nitrogens with one attached hydrogen (secondary N) is 2. The molecule has 1 heterocycles. The van der Waals surface area contributed by atoms with Crippen molar-refractivity contribution in [3.05, 3.63) is 29.8 Å². The molecule has 7 nitrogen and oxygen atoms in total. The molecule has 1 atom stereocenters. The lowest BCUT2D eigenvalue weighted by atomic mass is 10.1. The SMILES string of the molecule is CCNC(=NCC(C)Oc1ccccc1C)NC1CCN(CCS(C)(=O)=O)CC1. The zero-order valence-electron chi connectivity index (χ0n) is 18.1. The molecular formula is C21H36N4O3S. The molecule has 1 unspecified atom stereocenters. The van der Waals surface area contributed by atoms with Gasteiger partial charge in [0.2, 0.25) is 0 Å². The maximum Gasteiger partial charge on any atom is 0.191 e. The Kier molecular flexibility index (Phi) is 9.23. The number of piperidine rings is 1. The molecule has 0 aromatic heterocycles. The first-order valence-electron chi connectivity index (χ1n) is 10.4. The fraction of sp³-hybridized carbons (Fsp3) is 0.667. The van der Waals surface area contributed by atoms with Crippen LogP contribution in [0.2, 0.25) is 0 Å². The van der Waals surface area contributed by atoms with Crippen molar-refractivity contribution in [2.45, 2.75) is 45.8 Å². The van der Waals surface area contributed by atoms with E-state index in [0.29, 0.717) is 19.1 Å². The summed E-state index contributed by atoms with van der Waals surface area (Å²) in [4.78, 5) is 6.92. The van der Waals surface area contributed by atoms with Crippen LogP contribution in [0.4, 0.5) is 0 Å². The summed E-state index contributed by atoms with van der Waals surface area (Å²) in [5, 5.41) is 6.83. The minimum absolute atomic E-state index is 0.0237. The predicted molar refractivity (Wildman–Crippen MR) is 120 cm³/mol. The summed E-state index contributed by atoms with van der Waals surface area (Å²) in [6.45, 7) is 9.91. The minimum atomic E-state index is -2.90. The molecule has 0 aliphatic carbocycles. The fourth-order valence-corrected chi connectivity index (χ4v) is 3.86. The normalized spacial score (nSPS) is 17.7. The van der Waals surface area contributed by atoms with Gasteiger partial charge in [0, 0.05) is 38.5 Å². The van der Waals surface area contributed by atoms with Crippen LogP contribution in [0.1, 0.15) is 32.3 Å². The molecule has 0 spiro atoms. The maximum atomic E-state index is 11.3. The van der Waals surface area contributed by atoms with Crippen molar-refractivity contribution in [3.8, 4) is 5.75 Å². The van der Waals surface area contributed by atoms with Gasteiger partial charge in [0.05, 0.1) is 12.3 Å². The van der Waals surface area contributed by atoms with Gasteiger partial charge in [-0.3, -0.25) is 0 Å². The number of aryl methyl sites for hydroxylation is 1. The van der Waals surface area contributed by atoms with Crippen molar-refractivity contribution in [2.75, 3.05) is 44.7 Å². The standard InChI is InChI=1S/C21H36N4O3S/c1-5-22-21(23-16-18(3)28-20-9-7-6-8-17(20)2)24-19-10-12-25(13-11-19)14-15-29(4,26)27/h6-9,18-19H,5,10-16H2,1-4H3,(H2,22,23,24). The van der Waals surface area contributed by atoms with Gasteiger partial charge in [-0.05, 0) is 45.2 Å². The third kappa shape index (κ3) is 9.04. The van der Waals surface area contributed by atoms with E-state index in [2.05, 4.69) is 22.5 Å². The molecule has 29 heavy (non-hydrogen) atoms. The second-order valence-electron chi connectivity index (χ2n) is 7.80. The number of rotatable bonds is 9. The number of aliphatic imine (C=N–C) groups is 1. The smallest absolute Gasteiger partial charge is 0.191 e. The van der Waals surface area contributed by atoms with Gasteiger partial charge >= 0.3 is 0 Å². The molecule has 1 fully saturated rings. The van der Waals surface area contributed by atoms with Gasteiger partial charge in [0.15, 0.2) is 5.96 Å². The zero-order valence-corrected chi connectivity index (χ0v) is 19.0. The fourth-order valence-electron chi connectivity index (χ4n) is 3.27. The number of sulfone groups is 1. The molecule has 1 saturated heterocycles. The van der Waals surface area contributed by atoms with E-state index in [4.69, 9.17) is 9.73 Å². The van der Waals surface area contributed by atoms with Crippen molar-refractivity contribution >= 4 is 15.8 Å². The zero-order chi connectivity index (χ0) is 21.3. The molecule has 0 amide bonds. The van der Waals surface area contributed by atoms with E-state index < -0.39 is 9.84 Å². The molecule has 1 aromatic carbocycles. The molecule has 0 bridgehead atoms. The van der Waals surface area contributed by atoms with Crippen molar-refractivity contribution in [3.63, 3.8) is 0 Å². The largest absolute Gasteiger partial charge is 0.489 e. The summed E-state index contributed by atoms with van der Waals surface area (Å²) in [5.41, 5.74) is 1.12. The summed E-state index contributed by atoms with van der Waals surface area (Å²) in [5.74, 6) is 1.94. The quantitative estimate of drug-likeness (QED) is 0.465. The second kappa shape index (κ2) is 11.4. The average Bonchev–Trinajstić information content (AvgIpc) is 2.67. The van der Waals surface area contributed by atoms with E-state index in [1.807, 2.05) is 38.1 Å². The number of para-hydroxylation sites is 1. The number of nitrogens with zero attached hydrogens (tertiary/aromatic N) is 2. The Bertz CT molecular complexity index is 759. The van der Waals surface area contributed by atoms with Crippen molar-refractivity contribution in [1.82, 2.24) is 15.5 Å². The third-order valence-electron chi connectivity index (χ3n) is 4.98. The molecule has 164 valence electrons. The van der Waals surface area contributed by atoms with Crippen LogP contribution in [-0.2, 0) is 9.84 Å². The number of benzene rings is 1. The Morgan fingerprint density at radius 1 is 1.31 bits per heavy atom. The van der Waals surface area contributed by atoms with Gasteiger partial charge in [0.1, 0.15) is 21.7 Å². The molecule has 1 aromatic rings. The number of likely N-dealkylation sites (tertiary alicyclic amines) is 1. The molecule has 1 aliphatic rings. The molecular weight excluding hydrogens is 388 g/mol. The number of hydrogen-bond acceptors (Lipinski definition) is 5. The lowest BCUT2D eigenvalue weighted by Gasteiger charge is -2.33. The lowest BCUT2D eigenvalue weighted by molar-refractivity contribution is 0.215. The number of ether oxygens (including phenoxy) is 1. The maximum absolute atomic E-state index is 11.3. The molecule has 0 saturated carbocycles. The predicted octanol–water partition coefficient (Wildman–Crippen LogP) is 1.83. The van der Waals surface area contributed by atoms with Crippen LogP contribution in [0.25, 0.3) is 0 Å². The summed E-state index contributed by atoms with van der Waals surface area (Å²) < 4.78 is 28.7. The van der Waals surface area contributed by atoms with E-state index in [0.717, 1.165) is 49.7 Å². The van der Waals surface area contributed by atoms with Crippen LogP contribution in [0, 0.1) is 6.92 Å². The van der Waals surface area contributed by atoms with Crippen molar-refractivity contribution in [2.24, 2.45) is 4.99 Å². The Labute approximate surface area is 175 Å². The van der Waals surface area contributed by atoms with Crippen LogP contribution in [-0.4, -0.2) is 76.2 Å². The first-order chi connectivity index (χ1) is 13.8. The van der Waals surface area contributed by atoms with E-state index in [9.17, 15) is 8.42 Å². The average molecular weight is 425 g/mol. The molecule has 2 N–H and O–H groups in total. The molecule has 0 radical (unpaired) electrons. The minimum Gasteiger partial charge on any atom is -0.489 e. The van der Waals surface area contributed by atoms with E-state index in [1.165, 1.54) is 6.26 Å².